The molecule has 2 heteroatoms. The van der Waals surface area contributed by atoms with Crippen LogP contribution in [0.3, 0.4) is 0 Å². The summed E-state index contributed by atoms with van der Waals surface area (Å²) in [6.07, 6.45) is 8.43. The molecule has 0 radical (unpaired) electrons. The number of rotatable bonds is 2. The second-order valence-electron chi connectivity index (χ2n) is 2.82. The first-order valence-corrected chi connectivity index (χ1v) is 4.08. The summed E-state index contributed by atoms with van der Waals surface area (Å²) in [6.45, 7) is 0.687. The maximum absolute atomic E-state index is 9.22. The van der Waals surface area contributed by atoms with Crippen LogP contribution in [0.15, 0.2) is 23.8 Å². The van der Waals surface area contributed by atoms with E-state index in [1.807, 2.05) is 12.2 Å². The van der Waals surface area contributed by atoms with Gasteiger partial charge in [0.15, 0.2) is 0 Å². The number of nitrogens with two attached hydrogens (primary N) is 1. The lowest BCUT2D eigenvalue weighted by Crippen LogP contribution is -1.99. The lowest BCUT2D eigenvalue weighted by Gasteiger charge is -1.97. The Labute approximate surface area is 67.4 Å². The predicted molar refractivity (Wildman–Crippen MR) is 46.1 cm³/mol. The fraction of sp³-hybridized carbons (Fsp3) is 0.556. The van der Waals surface area contributed by atoms with E-state index in [0.29, 0.717) is 6.54 Å². The van der Waals surface area contributed by atoms with Crippen LogP contribution >= 0.6 is 0 Å². The van der Waals surface area contributed by atoms with E-state index in [9.17, 15) is 5.11 Å². The van der Waals surface area contributed by atoms with Gasteiger partial charge in [-0.1, -0.05) is 23.8 Å². The van der Waals surface area contributed by atoms with E-state index in [4.69, 9.17) is 5.73 Å². The first-order valence-electron chi connectivity index (χ1n) is 4.08. The van der Waals surface area contributed by atoms with Crippen molar-refractivity contribution in [2.45, 2.75) is 25.4 Å². The molecule has 2 nitrogen and oxygen atoms in total. The maximum Gasteiger partial charge on any atom is 0.0727 e. The Morgan fingerprint density at radius 3 is 3.18 bits per heavy atom. The Kier molecular flexibility index (Phi) is 3.33. The maximum atomic E-state index is 9.22. The standard InChI is InChI=1S/C9H15NO/c10-7-6-8-2-1-3-9(11)5-4-8/h2,4-5,9,11H,1,3,6-7,10H2. The fourth-order valence-corrected chi connectivity index (χ4v) is 1.19. The van der Waals surface area contributed by atoms with Gasteiger partial charge in [0.25, 0.3) is 0 Å². The van der Waals surface area contributed by atoms with Crippen molar-refractivity contribution in [1.82, 2.24) is 0 Å². The molecule has 11 heavy (non-hydrogen) atoms. The number of hydrogen-bond acceptors (Lipinski definition) is 2. The first kappa shape index (κ1) is 8.50. The van der Waals surface area contributed by atoms with Crippen LogP contribution in [-0.2, 0) is 0 Å². The van der Waals surface area contributed by atoms with E-state index in [2.05, 4.69) is 6.08 Å². The molecule has 1 aliphatic carbocycles. The second-order valence-corrected chi connectivity index (χ2v) is 2.82. The minimum absolute atomic E-state index is 0.262. The third kappa shape index (κ3) is 2.87. The van der Waals surface area contributed by atoms with Crippen molar-refractivity contribution in [3.8, 4) is 0 Å². The largest absolute Gasteiger partial charge is 0.389 e. The Hall–Kier alpha value is -0.600. The molecule has 1 atom stereocenters. The minimum Gasteiger partial charge on any atom is -0.389 e. The van der Waals surface area contributed by atoms with Crippen molar-refractivity contribution in [3.63, 3.8) is 0 Å². The topological polar surface area (TPSA) is 46.2 Å². The van der Waals surface area contributed by atoms with Gasteiger partial charge in [0.1, 0.15) is 0 Å². The van der Waals surface area contributed by atoms with Crippen LogP contribution < -0.4 is 5.73 Å². The van der Waals surface area contributed by atoms with Gasteiger partial charge in [-0.15, -0.1) is 0 Å². The van der Waals surface area contributed by atoms with Crippen LogP contribution in [0.25, 0.3) is 0 Å². The van der Waals surface area contributed by atoms with E-state index in [1.54, 1.807) is 0 Å². The lowest BCUT2D eigenvalue weighted by atomic mass is 10.1. The van der Waals surface area contributed by atoms with E-state index >= 15 is 0 Å². The van der Waals surface area contributed by atoms with Gasteiger partial charge in [-0.25, -0.2) is 0 Å². The summed E-state index contributed by atoms with van der Waals surface area (Å²) in [5.74, 6) is 0. The second kappa shape index (κ2) is 4.31. The molecule has 0 aromatic carbocycles. The van der Waals surface area contributed by atoms with E-state index < -0.39 is 0 Å². The van der Waals surface area contributed by atoms with Gasteiger partial charge >= 0.3 is 0 Å². The average Bonchev–Trinajstić information content (AvgIpc) is 2.17. The fourth-order valence-electron chi connectivity index (χ4n) is 1.19. The smallest absolute Gasteiger partial charge is 0.0727 e. The van der Waals surface area contributed by atoms with Crippen LogP contribution in [0, 0.1) is 0 Å². The van der Waals surface area contributed by atoms with E-state index in [-0.39, 0.29) is 6.10 Å². The third-order valence-corrected chi connectivity index (χ3v) is 1.83. The molecule has 1 unspecified atom stereocenters. The molecular weight excluding hydrogens is 138 g/mol. The molecule has 0 saturated carbocycles. The number of aliphatic hydroxyl groups is 1. The molecule has 3 N–H and O–H groups in total. The third-order valence-electron chi connectivity index (χ3n) is 1.83. The van der Waals surface area contributed by atoms with Gasteiger partial charge in [-0.05, 0) is 25.8 Å². The highest BCUT2D eigenvalue weighted by molar-refractivity contribution is 5.21. The van der Waals surface area contributed by atoms with Crippen molar-refractivity contribution >= 4 is 0 Å². The summed E-state index contributed by atoms with van der Waals surface area (Å²) < 4.78 is 0. The summed E-state index contributed by atoms with van der Waals surface area (Å²) in [5, 5.41) is 9.22. The normalized spacial score (nSPS) is 24.5. The first-order chi connectivity index (χ1) is 5.33. The molecule has 0 saturated heterocycles. The van der Waals surface area contributed by atoms with Crippen LogP contribution in [0.2, 0.25) is 0 Å². The molecule has 0 amide bonds. The highest BCUT2D eigenvalue weighted by atomic mass is 16.3. The van der Waals surface area contributed by atoms with Crippen LogP contribution in [0.5, 0.6) is 0 Å². The molecule has 0 heterocycles. The molecule has 1 aliphatic rings. The SMILES string of the molecule is NCCC1=CCCC(O)C=C1. The minimum atomic E-state index is -0.262. The average molecular weight is 153 g/mol. The Morgan fingerprint density at radius 1 is 1.64 bits per heavy atom. The summed E-state index contributed by atoms with van der Waals surface area (Å²) in [4.78, 5) is 0. The molecule has 0 fully saturated rings. The van der Waals surface area contributed by atoms with Gasteiger partial charge in [0.05, 0.1) is 6.10 Å². The quantitative estimate of drug-likeness (QED) is 0.621. The molecule has 0 aliphatic heterocycles. The van der Waals surface area contributed by atoms with Gasteiger partial charge in [0, 0.05) is 0 Å². The zero-order valence-corrected chi connectivity index (χ0v) is 6.66. The number of hydrogen-bond donors (Lipinski definition) is 2. The Balaban J connectivity index is 2.50. The molecule has 0 bridgehead atoms. The van der Waals surface area contributed by atoms with Crippen LogP contribution in [-0.4, -0.2) is 17.8 Å². The zero-order valence-electron chi connectivity index (χ0n) is 6.66. The summed E-state index contributed by atoms with van der Waals surface area (Å²) in [5.41, 5.74) is 6.66. The van der Waals surface area contributed by atoms with Crippen molar-refractivity contribution in [3.05, 3.63) is 23.8 Å². The molecular formula is C9H15NO. The van der Waals surface area contributed by atoms with Gasteiger partial charge < -0.3 is 10.8 Å². The van der Waals surface area contributed by atoms with E-state index in [0.717, 1.165) is 19.3 Å². The molecule has 1 rings (SSSR count). The van der Waals surface area contributed by atoms with Crippen LogP contribution in [0.4, 0.5) is 0 Å². The lowest BCUT2D eigenvalue weighted by molar-refractivity contribution is 0.215. The Morgan fingerprint density at radius 2 is 2.45 bits per heavy atom. The summed E-state index contributed by atoms with van der Waals surface area (Å²) in [7, 11) is 0. The molecule has 0 spiro atoms. The van der Waals surface area contributed by atoms with Crippen molar-refractivity contribution in [1.29, 1.82) is 0 Å². The highest BCUT2D eigenvalue weighted by Gasteiger charge is 2.02. The van der Waals surface area contributed by atoms with Crippen molar-refractivity contribution in [2.24, 2.45) is 5.73 Å². The predicted octanol–water partition coefficient (Wildman–Crippen LogP) is 0.973. The number of allylic oxidation sites excluding steroid dienone is 2. The van der Waals surface area contributed by atoms with E-state index in [1.165, 1.54) is 5.57 Å². The Bertz CT molecular complexity index is 172. The van der Waals surface area contributed by atoms with Gasteiger partial charge in [-0.3, -0.25) is 0 Å². The monoisotopic (exact) mass is 153 g/mol. The van der Waals surface area contributed by atoms with Gasteiger partial charge in [0.2, 0.25) is 0 Å². The van der Waals surface area contributed by atoms with Crippen molar-refractivity contribution in [2.75, 3.05) is 6.54 Å². The summed E-state index contributed by atoms with van der Waals surface area (Å²) >= 11 is 0. The zero-order chi connectivity index (χ0) is 8.10. The molecule has 0 aromatic rings. The van der Waals surface area contributed by atoms with Gasteiger partial charge in [-0.2, -0.15) is 0 Å². The molecule has 0 aromatic heterocycles. The van der Waals surface area contributed by atoms with Crippen LogP contribution in [0.1, 0.15) is 19.3 Å². The molecule has 62 valence electrons. The van der Waals surface area contributed by atoms with Crippen molar-refractivity contribution < 1.29 is 5.11 Å². The highest BCUT2D eigenvalue weighted by Crippen LogP contribution is 2.12. The number of aliphatic hydroxyl groups excluding tert-OH is 1. The summed E-state index contributed by atoms with van der Waals surface area (Å²) in [6, 6.07) is 0.